The van der Waals surface area contributed by atoms with Crippen LogP contribution in [0.3, 0.4) is 0 Å². The monoisotopic (exact) mass is 304 g/mol. The van der Waals surface area contributed by atoms with E-state index in [-0.39, 0.29) is 18.1 Å². The lowest BCUT2D eigenvalue weighted by atomic mass is 9.98. The molecule has 1 heterocycles. The fourth-order valence-corrected chi connectivity index (χ4v) is 3.14. The Morgan fingerprint density at radius 1 is 1.32 bits per heavy atom. The van der Waals surface area contributed by atoms with E-state index in [4.69, 9.17) is 4.74 Å². The Kier molecular flexibility index (Phi) is 5.59. The molecule has 1 N–H and O–H groups in total. The summed E-state index contributed by atoms with van der Waals surface area (Å²) in [7, 11) is 0. The molecule has 0 aliphatic carbocycles. The molecule has 0 aromatic heterocycles. The van der Waals surface area contributed by atoms with Crippen LogP contribution in [0, 0.1) is 6.92 Å². The van der Waals surface area contributed by atoms with E-state index < -0.39 is 0 Å². The van der Waals surface area contributed by atoms with Crippen molar-refractivity contribution in [2.75, 3.05) is 25.0 Å². The molecule has 1 aromatic carbocycles. The van der Waals surface area contributed by atoms with Crippen molar-refractivity contribution in [3.63, 3.8) is 0 Å². The summed E-state index contributed by atoms with van der Waals surface area (Å²) in [5.74, 6) is 0.441. The molecule has 2 unspecified atom stereocenters. The van der Waals surface area contributed by atoms with Crippen LogP contribution < -0.4 is 5.32 Å². The number of anilines is 1. The molecule has 1 aromatic rings. The summed E-state index contributed by atoms with van der Waals surface area (Å²) in [6.07, 6.45) is 0.363. The van der Waals surface area contributed by atoms with E-state index in [1.54, 1.807) is 0 Å². The van der Waals surface area contributed by atoms with Gasteiger partial charge in [-0.05, 0) is 37.8 Å². The first-order chi connectivity index (χ1) is 10.4. The lowest BCUT2D eigenvalue weighted by Gasteiger charge is -2.34. The molecule has 1 amide bonds. The van der Waals surface area contributed by atoms with Crippen molar-refractivity contribution >= 4 is 11.6 Å². The molecule has 2 rings (SSSR count). The maximum absolute atomic E-state index is 12.4. The Hall–Kier alpha value is -1.39. The number of para-hydroxylation sites is 1. The normalized spacial score (nSPS) is 22.8. The van der Waals surface area contributed by atoms with Crippen LogP contribution in [-0.2, 0) is 9.53 Å². The Labute approximate surface area is 133 Å². The SMILES string of the molecule is Cc1cccc(C(C)C)c1NC(=O)CN1CC(C)OC(C)C1. The van der Waals surface area contributed by atoms with Crippen molar-refractivity contribution in [3.05, 3.63) is 29.3 Å². The summed E-state index contributed by atoms with van der Waals surface area (Å²) < 4.78 is 5.71. The average Bonchev–Trinajstić information content (AvgIpc) is 2.39. The minimum Gasteiger partial charge on any atom is -0.373 e. The zero-order valence-electron chi connectivity index (χ0n) is 14.3. The van der Waals surface area contributed by atoms with Gasteiger partial charge in [0.15, 0.2) is 0 Å². The van der Waals surface area contributed by atoms with Crippen molar-refractivity contribution in [1.29, 1.82) is 0 Å². The van der Waals surface area contributed by atoms with Crippen LogP contribution in [0.2, 0.25) is 0 Å². The van der Waals surface area contributed by atoms with Crippen molar-refractivity contribution < 1.29 is 9.53 Å². The summed E-state index contributed by atoms with van der Waals surface area (Å²) in [6.45, 7) is 12.5. The van der Waals surface area contributed by atoms with Gasteiger partial charge in [0.1, 0.15) is 0 Å². The number of nitrogens with zero attached hydrogens (tertiary/aromatic N) is 1. The first-order valence-corrected chi connectivity index (χ1v) is 8.14. The van der Waals surface area contributed by atoms with Gasteiger partial charge in [0, 0.05) is 18.8 Å². The molecule has 0 radical (unpaired) electrons. The first kappa shape index (κ1) is 17.0. The topological polar surface area (TPSA) is 41.6 Å². The molecule has 0 spiro atoms. The largest absolute Gasteiger partial charge is 0.373 e. The zero-order chi connectivity index (χ0) is 16.3. The van der Waals surface area contributed by atoms with Crippen molar-refractivity contribution in [2.45, 2.75) is 52.7 Å². The number of amides is 1. The Bertz CT molecular complexity index is 518. The molecule has 2 atom stereocenters. The Balaban J connectivity index is 2.03. The molecular formula is C18H28N2O2. The minimum absolute atomic E-state index is 0.0532. The van der Waals surface area contributed by atoms with Gasteiger partial charge in [0.05, 0.1) is 18.8 Å². The summed E-state index contributed by atoms with van der Waals surface area (Å²) in [4.78, 5) is 14.6. The fourth-order valence-electron chi connectivity index (χ4n) is 3.14. The van der Waals surface area contributed by atoms with E-state index >= 15 is 0 Å². The van der Waals surface area contributed by atoms with Crippen LogP contribution in [0.4, 0.5) is 5.69 Å². The van der Waals surface area contributed by atoms with E-state index in [0.29, 0.717) is 12.5 Å². The van der Waals surface area contributed by atoms with Gasteiger partial charge in [-0.3, -0.25) is 9.69 Å². The van der Waals surface area contributed by atoms with Gasteiger partial charge in [0.2, 0.25) is 5.91 Å². The van der Waals surface area contributed by atoms with E-state index in [1.165, 1.54) is 5.56 Å². The molecule has 4 heteroatoms. The molecule has 4 nitrogen and oxygen atoms in total. The second-order valence-electron chi connectivity index (χ2n) is 6.69. The third-order valence-electron chi connectivity index (χ3n) is 4.05. The van der Waals surface area contributed by atoms with Crippen LogP contribution in [0.15, 0.2) is 18.2 Å². The van der Waals surface area contributed by atoms with Gasteiger partial charge in [-0.15, -0.1) is 0 Å². The summed E-state index contributed by atoms with van der Waals surface area (Å²) in [5.41, 5.74) is 3.28. The maximum Gasteiger partial charge on any atom is 0.238 e. The van der Waals surface area contributed by atoms with Gasteiger partial charge < -0.3 is 10.1 Å². The molecule has 1 aliphatic heterocycles. The van der Waals surface area contributed by atoms with Gasteiger partial charge in [0.25, 0.3) is 0 Å². The van der Waals surface area contributed by atoms with Crippen molar-refractivity contribution in [3.8, 4) is 0 Å². The zero-order valence-corrected chi connectivity index (χ0v) is 14.3. The summed E-state index contributed by atoms with van der Waals surface area (Å²) in [5, 5.41) is 3.12. The molecule has 122 valence electrons. The summed E-state index contributed by atoms with van der Waals surface area (Å²) in [6, 6.07) is 6.18. The number of hydrogen-bond donors (Lipinski definition) is 1. The van der Waals surface area contributed by atoms with Crippen molar-refractivity contribution in [1.82, 2.24) is 4.90 Å². The van der Waals surface area contributed by atoms with E-state index in [2.05, 4.69) is 44.0 Å². The molecule has 1 saturated heterocycles. The Morgan fingerprint density at radius 2 is 1.95 bits per heavy atom. The number of morpholine rings is 1. The smallest absolute Gasteiger partial charge is 0.238 e. The molecule has 1 fully saturated rings. The highest BCUT2D eigenvalue weighted by Gasteiger charge is 2.24. The second-order valence-corrected chi connectivity index (χ2v) is 6.69. The van der Waals surface area contributed by atoms with E-state index in [9.17, 15) is 4.79 Å². The highest BCUT2D eigenvalue weighted by molar-refractivity contribution is 5.93. The highest BCUT2D eigenvalue weighted by Crippen LogP contribution is 2.27. The maximum atomic E-state index is 12.4. The third-order valence-corrected chi connectivity index (χ3v) is 4.05. The third kappa shape index (κ3) is 4.31. The number of rotatable bonds is 4. The van der Waals surface area contributed by atoms with Gasteiger partial charge in [-0.1, -0.05) is 32.0 Å². The molecular weight excluding hydrogens is 276 g/mol. The van der Waals surface area contributed by atoms with Gasteiger partial charge >= 0.3 is 0 Å². The number of carbonyl (C=O) groups excluding carboxylic acids is 1. The molecule has 0 bridgehead atoms. The minimum atomic E-state index is 0.0532. The average molecular weight is 304 g/mol. The standard InChI is InChI=1S/C18H28N2O2/c1-12(2)16-8-6-7-13(3)18(16)19-17(21)11-20-9-14(4)22-15(5)10-20/h6-8,12,14-15H,9-11H2,1-5H3,(H,19,21). The van der Waals surface area contributed by atoms with E-state index in [1.807, 2.05) is 19.1 Å². The Morgan fingerprint density at radius 3 is 2.55 bits per heavy atom. The lowest BCUT2D eigenvalue weighted by molar-refractivity contribution is -0.121. The fraction of sp³-hybridized carbons (Fsp3) is 0.611. The summed E-state index contributed by atoms with van der Waals surface area (Å²) >= 11 is 0. The van der Waals surface area contributed by atoms with Crippen LogP contribution in [0.5, 0.6) is 0 Å². The molecule has 0 saturated carbocycles. The van der Waals surface area contributed by atoms with Crippen LogP contribution in [0.1, 0.15) is 44.7 Å². The number of benzene rings is 1. The number of hydrogen-bond acceptors (Lipinski definition) is 3. The first-order valence-electron chi connectivity index (χ1n) is 8.14. The number of aryl methyl sites for hydroxylation is 1. The predicted molar refractivity (Wildman–Crippen MR) is 90.3 cm³/mol. The highest BCUT2D eigenvalue weighted by atomic mass is 16.5. The molecule has 1 aliphatic rings. The quantitative estimate of drug-likeness (QED) is 0.929. The lowest BCUT2D eigenvalue weighted by Crippen LogP contribution is -2.48. The second kappa shape index (κ2) is 7.25. The van der Waals surface area contributed by atoms with Gasteiger partial charge in [-0.25, -0.2) is 0 Å². The number of nitrogens with one attached hydrogen (secondary N) is 1. The van der Waals surface area contributed by atoms with E-state index in [0.717, 1.165) is 24.3 Å². The number of ether oxygens (including phenoxy) is 1. The van der Waals surface area contributed by atoms with Gasteiger partial charge in [-0.2, -0.15) is 0 Å². The van der Waals surface area contributed by atoms with Crippen LogP contribution in [0.25, 0.3) is 0 Å². The predicted octanol–water partition coefficient (Wildman–Crippen LogP) is 3.17. The number of carbonyl (C=O) groups is 1. The van der Waals surface area contributed by atoms with Crippen LogP contribution in [-0.4, -0.2) is 42.6 Å². The van der Waals surface area contributed by atoms with Crippen molar-refractivity contribution in [2.24, 2.45) is 0 Å². The molecule has 22 heavy (non-hydrogen) atoms. The van der Waals surface area contributed by atoms with Crippen LogP contribution >= 0.6 is 0 Å².